The lowest BCUT2D eigenvalue weighted by molar-refractivity contribution is 0.585. The Hall–Kier alpha value is -3.15. The lowest BCUT2D eigenvalue weighted by atomic mass is 10.1. The van der Waals surface area contributed by atoms with E-state index in [1.54, 1.807) is 30.7 Å². The normalized spacial score (nSPS) is 11.0. The number of aromatic amines is 1. The van der Waals surface area contributed by atoms with Crippen molar-refractivity contribution in [3.8, 4) is 22.6 Å². The van der Waals surface area contributed by atoms with Gasteiger partial charge in [0.25, 0.3) is 0 Å². The number of hydrogen-bond donors (Lipinski definition) is 1. The van der Waals surface area contributed by atoms with Crippen LogP contribution in [-0.2, 0) is 0 Å². The second-order valence-electron chi connectivity index (χ2n) is 4.77. The lowest BCUT2D eigenvalue weighted by Gasteiger charge is -2.01. The number of pyridine rings is 3. The summed E-state index contributed by atoms with van der Waals surface area (Å²) < 4.78 is 13.3. The fourth-order valence-electron chi connectivity index (χ4n) is 2.32. The van der Waals surface area contributed by atoms with Gasteiger partial charge in [-0.15, -0.1) is 0 Å². The van der Waals surface area contributed by atoms with Gasteiger partial charge < -0.3 is 0 Å². The molecule has 0 aliphatic rings. The van der Waals surface area contributed by atoms with Crippen LogP contribution in [0.5, 0.6) is 0 Å². The van der Waals surface area contributed by atoms with Crippen molar-refractivity contribution >= 4 is 10.9 Å². The number of nitrogens with zero attached hydrogens (tertiary/aromatic N) is 4. The van der Waals surface area contributed by atoms with E-state index in [1.807, 2.05) is 18.2 Å². The average molecular weight is 291 g/mol. The number of H-pyrrole nitrogens is 1. The third-order valence-electron chi connectivity index (χ3n) is 3.36. The highest BCUT2D eigenvalue weighted by atomic mass is 19.1. The van der Waals surface area contributed by atoms with Crippen LogP contribution in [0.15, 0.2) is 55.0 Å². The van der Waals surface area contributed by atoms with E-state index >= 15 is 0 Å². The van der Waals surface area contributed by atoms with Gasteiger partial charge in [0, 0.05) is 23.3 Å². The molecule has 4 heterocycles. The largest absolute Gasteiger partial charge is 0.276 e. The Morgan fingerprint density at radius 2 is 1.95 bits per heavy atom. The average Bonchev–Trinajstić information content (AvgIpc) is 2.99. The van der Waals surface area contributed by atoms with Gasteiger partial charge in [-0.1, -0.05) is 6.07 Å². The monoisotopic (exact) mass is 291 g/mol. The van der Waals surface area contributed by atoms with Gasteiger partial charge in [0.15, 0.2) is 0 Å². The summed E-state index contributed by atoms with van der Waals surface area (Å²) in [5.41, 5.74) is 3.54. The van der Waals surface area contributed by atoms with Crippen LogP contribution in [0.25, 0.3) is 33.5 Å². The molecule has 106 valence electrons. The van der Waals surface area contributed by atoms with Gasteiger partial charge in [-0.2, -0.15) is 9.49 Å². The molecule has 6 heteroatoms. The zero-order valence-electron chi connectivity index (χ0n) is 11.4. The highest BCUT2D eigenvalue weighted by Gasteiger charge is 2.12. The van der Waals surface area contributed by atoms with Crippen molar-refractivity contribution in [2.75, 3.05) is 0 Å². The van der Waals surface area contributed by atoms with Crippen molar-refractivity contribution in [2.24, 2.45) is 0 Å². The maximum Gasteiger partial charge on any atom is 0.213 e. The molecule has 0 aliphatic carbocycles. The van der Waals surface area contributed by atoms with E-state index in [1.165, 1.54) is 6.07 Å². The van der Waals surface area contributed by atoms with E-state index < -0.39 is 5.95 Å². The molecule has 0 atom stereocenters. The highest BCUT2D eigenvalue weighted by Crippen LogP contribution is 2.27. The topological polar surface area (TPSA) is 67.3 Å². The van der Waals surface area contributed by atoms with Crippen molar-refractivity contribution in [3.05, 3.63) is 60.9 Å². The van der Waals surface area contributed by atoms with E-state index in [0.717, 1.165) is 22.2 Å². The number of halogens is 1. The molecule has 0 saturated carbocycles. The summed E-state index contributed by atoms with van der Waals surface area (Å²) in [6.45, 7) is 0. The first kappa shape index (κ1) is 12.6. The third kappa shape index (κ3) is 2.10. The zero-order chi connectivity index (χ0) is 14.9. The maximum absolute atomic E-state index is 13.3. The predicted molar refractivity (Wildman–Crippen MR) is 80.3 cm³/mol. The highest BCUT2D eigenvalue weighted by molar-refractivity contribution is 5.93. The molecular weight excluding hydrogens is 281 g/mol. The molecule has 22 heavy (non-hydrogen) atoms. The van der Waals surface area contributed by atoms with Crippen molar-refractivity contribution in [3.63, 3.8) is 0 Å². The summed E-state index contributed by atoms with van der Waals surface area (Å²) >= 11 is 0. The summed E-state index contributed by atoms with van der Waals surface area (Å²) in [7, 11) is 0. The van der Waals surface area contributed by atoms with Crippen molar-refractivity contribution in [1.82, 2.24) is 25.1 Å². The first-order chi connectivity index (χ1) is 10.8. The lowest BCUT2D eigenvalue weighted by Crippen LogP contribution is -1.88. The van der Waals surface area contributed by atoms with Crippen LogP contribution in [0, 0.1) is 5.95 Å². The van der Waals surface area contributed by atoms with Gasteiger partial charge >= 0.3 is 0 Å². The Bertz CT molecular complexity index is 949. The number of nitrogens with one attached hydrogen (secondary N) is 1. The van der Waals surface area contributed by atoms with Crippen LogP contribution in [0.2, 0.25) is 0 Å². The molecular formula is C16H10FN5. The van der Waals surface area contributed by atoms with Gasteiger partial charge in [0.05, 0.1) is 23.1 Å². The Balaban J connectivity index is 1.91. The van der Waals surface area contributed by atoms with Crippen LogP contribution in [-0.4, -0.2) is 25.1 Å². The molecule has 0 spiro atoms. The first-order valence-electron chi connectivity index (χ1n) is 6.69. The summed E-state index contributed by atoms with van der Waals surface area (Å²) in [5.74, 6) is -0.532. The predicted octanol–water partition coefficient (Wildman–Crippen LogP) is 3.22. The Labute approximate surface area is 124 Å². The fraction of sp³-hybridized carbons (Fsp3) is 0. The molecule has 5 nitrogen and oxygen atoms in total. The number of rotatable bonds is 2. The molecule has 4 aromatic rings. The first-order valence-corrected chi connectivity index (χ1v) is 6.69. The summed E-state index contributed by atoms with van der Waals surface area (Å²) in [5, 5.41) is 7.97. The van der Waals surface area contributed by atoms with Crippen LogP contribution < -0.4 is 0 Å². The zero-order valence-corrected chi connectivity index (χ0v) is 11.4. The SMILES string of the molecule is Fc1cccc(-c2n[nH]c3cnc(-c4cccnc4)cc23)n1. The summed E-state index contributed by atoms with van der Waals surface area (Å²) in [6.07, 6.45) is 5.16. The van der Waals surface area contributed by atoms with E-state index in [0.29, 0.717) is 11.4 Å². The molecule has 0 saturated heterocycles. The van der Waals surface area contributed by atoms with Crippen LogP contribution >= 0.6 is 0 Å². The van der Waals surface area contributed by atoms with Gasteiger partial charge in [0.1, 0.15) is 5.69 Å². The van der Waals surface area contributed by atoms with Gasteiger partial charge in [-0.25, -0.2) is 4.98 Å². The smallest absolute Gasteiger partial charge is 0.213 e. The van der Waals surface area contributed by atoms with Crippen LogP contribution in [0.1, 0.15) is 0 Å². The minimum absolute atomic E-state index is 0.481. The quantitative estimate of drug-likeness (QED) is 0.576. The molecule has 4 rings (SSSR count). The molecule has 0 aliphatic heterocycles. The minimum atomic E-state index is -0.532. The van der Waals surface area contributed by atoms with Crippen LogP contribution in [0.4, 0.5) is 4.39 Å². The van der Waals surface area contributed by atoms with Crippen molar-refractivity contribution in [2.45, 2.75) is 0 Å². The number of fused-ring (bicyclic) bond motifs is 1. The molecule has 0 amide bonds. The summed E-state index contributed by atoms with van der Waals surface area (Å²) in [6, 6.07) is 10.3. The number of aromatic nitrogens is 5. The van der Waals surface area contributed by atoms with E-state index in [-0.39, 0.29) is 0 Å². The molecule has 0 unspecified atom stereocenters. The second kappa shape index (κ2) is 5.00. The van der Waals surface area contributed by atoms with Crippen LogP contribution in [0.3, 0.4) is 0 Å². The van der Waals surface area contributed by atoms with Gasteiger partial charge in [-0.3, -0.25) is 15.1 Å². The van der Waals surface area contributed by atoms with E-state index in [2.05, 4.69) is 25.1 Å². The van der Waals surface area contributed by atoms with Gasteiger partial charge in [-0.05, 0) is 30.3 Å². The minimum Gasteiger partial charge on any atom is -0.276 e. The van der Waals surface area contributed by atoms with Crippen molar-refractivity contribution < 1.29 is 4.39 Å². The molecule has 0 bridgehead atoms. The van der Waals surface area contributed by atoms with Gasteiger partial charge in [0.2, 0.25) is 5.95 Å². The molecule has 4 aromatic heterocycles. The Morgan fingerprint density at radius 1 is 1.00 bits per heavy atom. The van der Waals surface area contributed by atoms with E-state index in [4.69, 9.17) is 0 Å². The fourth-order valence-corrected chi connectivity index (χ4v) is 2.32. The van der Waals surface area contributed by atoms with E-state index in [9.17, 15) is 4.39 Å². The molecule has 0 aromatic carbocycles. The van der Waals surface area contributed by atoms with Crippen molar-refractivity contribution in [1.29, 1.82) is 0 Å². The Morgan fingerprint density at radius 3 is 2.77 bits per heavy atom. The third-order valence-corrected chi connectivity index (χ3v) is 3.36. The molecule has 0 radical (unpaired) electrons. The Kier molecular flexibility index (Phi) is 2.86. The number of hydrogen-bond acceptors (Lipinski definition) is 4. The summed E-state index contributed by atoms with van der Waals surface area (Å²) in [4.78, 5) is 12.4. The molecule has 1 N–H and O–H groups in total. The molecule has 0 fully saturated rings. The second-order valence-corrected chi connectivity index (χ2v) is 4.77. The standard InChI is InChI=1S/C16H10FN5/c17-15-5-1-4-12(20-15)16-11-7-13(10-3-2-6-18-8-10)19-9-14(11)21-22-16/h1-9H,(H,21,22). The maximum atomic E-state index is 13.3.